The van der Waals surface area contributed by atoms with Crippen molar-refractivity contribution in [2.24, 2.45) is 14.1 Å². The molecule has 2 rings (SSSR count). The molecule has 0 fully saturated rings. The van der Waals surface area contributed by atoms with Crippen LogP contribution in [0.5, 0.6) is 0 Å². The molecule has 0 aliphatic carbocycles. The smallest absolute Gasteiger partial charge is 0.302 e. The first-order valence-electron chi connectivity index (χ1n) is 4.90. The topological polar surface area (TPSA) is 44.8 Å². The molecule has 86 valence electrons. The molecule has 0 aliphatic heterocycles. The summed E-state index contributed by atoms with van der Waals surface area (Å²) in [5, 5.41) is 4.29. The van der Waals surface area contributed by atoms with Crippen LogP contribution in [0.4, 0.5) is 0 Å². The summed E-state index contributed by atoms with van der Waals surface area (Å²) >= 11 is 3.48. The molecule has 0 spiro atoms. The van der Waals surface area contributed by atoms with Gasteiger partial charge in [-0.3, -0.25) is 9.25 Å². The van der Waals surface area contributed by atoms with Crippen molar-refractivity contribution in [2.45, 2.75) is 13.5 Å². The monoisotopic (exact) mass is 284 g/mol. The maximum absolute atomic E-state index is 11.7. The lowest BCUT2D eigenvalue weighted by molar-refractivity contribution is 0.640. The number of nitrogens with zero attached hydrogens (tertiary/aromatic N) is 4. The maximum atomic E-state index is 11.7. The summed E-state index contributed by atoms with van der Waals surface area (Å²) in [4.78, 5) is 11.7. The highest BCUT2D eigenvalue weighted by atomic mass is 79.9. The largest absolute Gasteiger partial charge is 0.328 e. The number of aryl methyl sites for hydroxylation is 3. The van der Waals surface area contributed by atoms with E-state index in [1.165, 1.54) is 0 Å². The normalized spacial score (nSPS) is 11.0. The number of halogens is 1. The Hall–Kier alpha value is -1.30. The molecule has 0 bridgehead atoms. The van der Waals surface area contributed by atoms with Gasteiger partial charge in [0.1, 0.15) is 0 Å². The lowest BCUT2D eigenvalue weighted by atomic mass is 10.3. The van der Waals surface area contributed by atoms with E-state index in [2.05, 4.69) is 21.0 Å². The standard InChI is InChI=1S/C10H13BrN4O/c1-7-9(11)8(14(3)12-7)6-15-5-4-13(2)10(15)16/h4-5H,6H2,1-3H3. The fraction of sp³-hybridized carbons (Fsp3) is 0.400. The summed E-state index contributed by atoms with van der Waals surface area (Å²) in [7, 11) is 3.61. The van der Waals surface area contributed by atoms with E-state index in [1.807, 2.05) is 14.0 Å². The predicted octanol–water partition coefficient (Wildman–Crippen LogP) is 1.04. The number of aromatic nitrogens is 4. The molecular formula is C10H13BrN4O. The van der Waals surface area contributed by atoms with Gasteiger partial charge in [0.2, 0.25) is 0 Å². The first kappa shape index (κ1) is 11.2. The average molecular weight is 285 g/mol. The Morgan fingerprint density at radius 1 is 1.38 bits per heavy atom. The zero-order valence-corrected chi connectivity index (χ0v) is 11.0. The van der Waals surface area contributed by atoms with Gasteiger partial charge in [0, 0.05) is 26.5 Å². The first-order chi connectivity index (χ1) is 7.50. The second kappa shape index (κ2) is 3.93. The van der Waals surface area contributed by atoms with Gasteiger partial charge in [-0.1, -0.05) is 0 Å². The molecular weight excluding hydrogens is 272 g/mol. The molecule has 0 aliphatic rings. The Kier molecular flexibility index (Phi) is 2.75. The second-order valence-corrected chi connectivity index (χ2v) is 4.58. The molecule has 0 aromatic carbocycles. The first-order valence-corrected chi connectivity index (χ1v) is 5.69. The minimum atomic E-state index is -0.0225. The molecule has 0 radical (unpaired) electrons. The Morgan fingerprint density at radius 3 is 2.50 bits per heavy atom. The van der Waals surface area contributed by atoms with Gasteiger partial charge in [-0.15, -0.1) is 0 Å². The van der Waals surface area contributed by atoms with E-state index in [0.29, 0.717) is 6.54 Å². The third-order valence-corrected chi connectivity index (χ3v) is 3.63. The van der Waals surface area contributed by atoms with Crippen LogP contribution in [0, 0.1) is 6.92 Å². The number of hydrogen-bond acceptors (Lipinski definition) is 2. The van der Waals surface area contributed by atoms with Gasteiger partial charge in [-0.25, -0.2) is 4.79 Å². The van der Waals surface area contributed by atoms with Crippen LogP contribution < -0.4 is 5.69 Å². The van der Waals surface area contributed by atoms with Crippen molar-refractivity contribution < 1.29 is 0 Å². The molecule has 0 unspecified atom stereocenters. The average Bonchev–Trinajstić information content (AvgIpc) is 2.66. The van der Waals surface area contributed by atoms with Crippen LogP contribution in [0.3, 0.4) is 0 Å². The fourth-order valence-corrected chi connectivity index (χ4v) is 2.11. The second-order valence-electron chi connectivity index (χ2n) is 3.79. The SMILES string of the molecule is Cc1nn(C)c(Cn2ccn(C)c2=O)c1Br. The highest BCUT2D eigenvalue weighted by Crippen LogP contribution is 2.20. The summed E-state index contributed by atoms with van der Waals surface area (Å²) in [6.45, 7) is 2.46. The highest BCUT2D eigenvalue weighted by Gasteiger charge is 2.12. The fourth-order valence-electron chi connectivity index (χ4n) is 1.64. The van der Waals surface area contributed by atoms with Crippen molar-refractivity contribution in [3.05, 3.63) is 38.7 Å². The van der Waals surface area contributed by atoms with E-state index < -0.39 is 0 Å². The van der Waals surface area contributed by atoms with Crippen molar-refractivity contribution >= 4 is 15.9 Å². The highest BCUT2D eigenvalue weighted by molar-refractivity contribution is 9.10. The van der Waals surface area contributed by atoms with E-state index in [-0.39, 0.29) is 5.69 Å². The molecule has 0 amide bonds. The molecule has 0 saturated heterocycles. The van der Waals surface area contributed by atoms with Gasteiger partial charge >= 0.3 is 5.69 Å². The number of imidazole rings is 1. The third kappa shape index (κ3) is 1.73. The minimum absolute atomic E-state index is 0.0225. The van der Waals surface area contributed by atoms with E-state index >= 15 is 0 Å². The van der Waals surface area contributed by atoms with Crippen molar-refractivity contribution in [2.75, 3.05) is 0 Å². The predicted molar refractivity (Wildman–Crippen MR) is 64.4 cm³/mol. The van der Waals surface area contributed by atoms with Gasteiger partial charge in [0.15, 0.2) is 0 Å². The van der Waals surface area contributed by atoms with Crippen LogP contribution in [-0.4, -0.2) is 18.9 Å². The molecule has 2 aromatic rings. The van der Waals surface area contributed by atoms with Crippen molar-refractivity contribution in [1.82, 2.24) is 18.9 Å². The molecule has 0 saturated carbocycles. The van der Waals surface area contributed by atoms with Gasteiger partial charge in [0.05, 0.1) is 22.4 Å². The van der Waals surface area contributed by atoms with Crippen LogP contribution >= 0.6 is 15.9 Å². The van der Waals surface area contributed by atoms with Crippen LogP contribution in [-0.2, 0) is 20.6 Å². The maximum Gasteiger partial charge on any atom is 0.328 e. The lowest BCUT2D eigenvalue weighted by Gasteiger charge is -2.03. The quantitative estimate of drug-likeness (QED) is 0.827. The molecule has 16 heavy (non-hydrogen) atoms. The Labute approximate surface area is 101 Å². The molecule has 2 aromatic heterocycles. The zero-order chi connectivity index (χ0) is 11.9. The Balaban J connectivity index is 2.41. The summed E-state index contributed by atoms with van der Waals surface area (Å²) in [6, 6.07) is 0. The number of hydrogen-bond donors (Lipinski definition) is 0. The van der Waals surface area contributed by atoms with Crippen LogP contribution in [0.2, 0.25) is 0 Å². The van der Waals surface area contributed by atoms with E-state index in [9.17, 15) is 4.79 Å². The molecule has 0 atom stereocenters. The van der Waals surface area contributed by atoms with Gasteiger partial charge in [-0.2, -0.15) is 5.10 Å². The number of rotatable bonds is 2. The lowest BCUT2D eigenvalue weighted by Crippen LogP contribution is -2.23. The van der Waals surface area contributed by atoms with Crippen molar-refractivity contribution in [1.29, 1.82) is 0 Å². The minimum Gasteiger partial charge on any atom is -0.302 e. The third-order valence-electron chi connectivity index (χ3n) is 2.60. The molecule has 5 nitrogen and oxygen atoms in total. The van der Waals surface area contributed by atoms with E-state index in [1.54, 1.807) is 33.3 Å². The molecule has 0 N–H and O–H groups in total. The van der Waals surface area contributed by atoms with E-state index in [0.717, 1.165) is 15.9 Å². The summed E-state index contributed by atoms with van der Waals surface area (Å²) < 4.78 is 5.96. The van der Waals surface area contributed by atoms with Gasteiger partial charge in [-0.05, 0) is 22.9 Å². The van der Waals surface area contributed by atoms with Gasteiger partial charge < -0.3 is 4.57 Å². The Bertz CT molecular complexity index is 578. The summed E-state index contributed by atoms with van der Waals surface area (Å²) in [5.74, 6) is 0. The zero-order valence-electron chi connectivity index (χ0n) is 9.44. The summed E-state index contributed by atoms with van der Waals surface area (Å²) in [6.07, 6.45) is 3.52. The van der Waals surface area contributed by atoms with Gasteiger partial charge in [0.25, 0.3) is 0 Å². The van der Waals surface area contributed by atoms with Crippen LogP contribution in [0.25, 0.3) is 0 Å². The summed E-state index contributed by atoms with van der Waals surface area (Å²) in [5.41, 5.74) is 1.90. The van der Waals surface area contributed by atoms with Crippen LogP contribution in [0.15, 0.2) is 21.7 Å². The molecule has 6 heteroatoms. The van der Waals surface area contributed by atoms with Crippen molar-refractivity contribution in [3.8, 4) is 0 Å². The Morgan fingerprint density at radius 2 is 2.06 bits per heavy atom. The molecule has 2 heterocycles. The van der Waals surface area contributed by atoms with Crippen molar-refractivity contribution in [3.63, 3.8) is 0 Å². The van der Waals surface area contributed by atoms with Crippen LogP contribution in [0.1, 0.15) is 11.4 Å². The van der Waals surface area contributed by atoms with E-state index in [4.69, 9.17) is 0 Å².